The van der Waals surface area contributed by atoms with E-state index in [-0.39, 0.29) is 0 Å². The van der Waals surface area contributed by atoms with Crippen LogP contribution in [-0.2, 0) is 0 Å². The molecule has 0 bridgehead atoms. The highest BCUT2D eigenvalue weighted by atomic mass is 35.5. The molecule has 2 nitrogen and oxygen atoms in total. The number of benzene rings is 1. The molecule has 1 unspecified atom stereocenters. The Morgan fingerprint density at radius 1 is 1.21 bits per heavy atom. The summed E-state index contributed by atoms with van der Waals surface area (Å²) in [5.41, 5.74) is 0. The molecular weight excluding hydrogens is 258 g/mol. The van der Waals surface area contributed by atoms with E-state index in [0.717, 1.165) is 29.8 Å². The van der Waals surface area contributed by atoms with Gasteiger partial charge in [-0.05, 0) is 49.6 Å². The van der Waals surface area contributed by atoms with Crippen molar-refractivity contribution in [2.75, 3.05) is 13.2 Å². The first-order chi connectivity index (χ1) is 9.29. The predicted octanol–water partition coefficient (Wildman–Crippen LogP) is 4.28. The van der Waals surface area contributed by atoms with Crippen LogP contribution in [0.25, 0.3) is 0 Å². The first-order valence-corrected chi connectivity index (χ1v) is 7.79. The molecule has 0 aliphatic heterocycles. The number of hydrogen-bond donors (Lipinski definition) is 1. The van der Waals surface area contributed by atoms with Crippen LogP contribution in [0.15, 0.2) is 24.3 Å². The van der Waals surface area contributed by atoms with Crippen molar-refractivity contribution in [1.82, 2.24) is 5.32 Å². The maximum absolute atomic E-state index is 5.91. The standard InChI is InChI=1S/C16H24ClNO/c1-2-18-16(13-6-4-3-5-7-13)12-19-15-10-8-14(17)9-11-15/h8-11,13,16,18H,2-7,12H2,1H3. The molecule has 0 saturated heterocycles. The summed E-state index contributed by atoms with van der Waals surface area (Å²) in [5, 5.41) is 4.34. The molecule has 1 saturated carbocycles. The normalized spacial score (nSPS) is 18.2. The van der Waals surface area contributed by atoms with Crippen molar-refractivity contribution in [2.24, 2.45) is 5.92 Å². The van der Waals surface area contributed by atoms with Crippen molar-refractivity contribution < 1.29 is 4.74 Å². The van der Waals surface area contributed by atoms with Gasteiger partial charge in [-0.3, -0.25) is 0 Å². The molecule has 2 rings (SSSR count). The lowest BCUT2D eigenvalue weighted by Gasteiger charge is -2.30. The maximum atomic E-state index is 5.91. The number of hydrogen-bond acceptors (Lipinski definition) is 2. The van der Waals surface area contributed by atoms with E-state index in [2.05, 4.69) is 12.2 Å². The third-order valence-corrected chi connectivity index (χ3v) is 4.18. The minimum absolute atomic E-state index is 0.473. The molecule has 1 aliphatic carbocycles. The van der Waals surface area contributed by atoms with Gasteiger partial charge in [-0.15, -0.1) is 0 Å². The van der Waals surface area contributed by atoms with E-state index in [1.54, 1.807) is 0 Å². The highest BCUT2D eigenvalue weighted by molar-refractivity contribution is 6.30. The Bertz CT molecular complexity index is 360. The zero-order valence-corrected chi connectivity index (χ0v) is 12.5. The topological polar surface area (TPSA) is 21.3 Å². The molecule has 3 heteroatoms. The Hall–Kier alpha value is -0.730. The third kappa shape index (κ3) is 4.70. The fourth-order valence-corrected chi connectivity index (χ4v) is 3.00. The number of ether oxygens (including phenoxy) is 1. The molecule has 0 radical (unpaired) electrons. The Morgan fingerprint density at radius 3 is 2.53 bits per heavy atom. The minimum Gasteiger partial charge on any atom is -0.492 e. The van der Waals surface area contributed by atoms with Crippen LogP contribution >= 0.6 is 11.6 Å². The van der Waals surface area contributed by atoms with E-state index < -0.39 is 0 Å². The van der Waals surface area contributed by atoms with Gasteiger partial charge in [-0.1, -0.05) is 37.8 Å². The highest BCUT2D eigenvalue weighted by Crippen LogP contribution is 2.27. The lowest BCUT2D eigenvalue weighted by Crippen LogP contribution is -2.41. The summed E-state index contributed by atoms with van der Waals surface area (Å²) in [5.74, 6) is 1.67. The van der Waals surface area contributed by atoms with Crippen LogP contribution in [0.1, 0.15) is 39.0 Å². The van der Waals surface area contributed by atoms with E-state index >= 15 is 0 Å². The van der Waals surface area contributed by atoms with Gasteiger partial charge in [-0.2, -0.15) is 0 Å². The Morgan fingerprint density at radius 2 is 1.89 bits per heavy atom. The molecule has 0 heterocycles. The van der Waals surface area contributed by atoms with Crippen LogP contribution in [0.5, 0.6) is 5.75 Å². The summed E-state index contributed by atoms with van der Waals surface area (Å²) < 4.78 is 5.91. The second kappa shape index (κ2) is 7.76. The lowest BCUT2D eigenvalue weighted by molar-refractivity contribution is 0.187. The zero-order valence-electron chi connectivity index (χ0n) is 11.7. The third-order valence-electron chi connectivity index (χ3n) is 3.93. The van der Waals surface area contributed by atoms with E-state index in [4.69, 9.17) is 16.3 Å². The summed E-state index contributed by atoms with van der Waals surface area (Å²) in [4.78, 5) is 0. The van der Waals surface area contributed by atoms with Gasteiger partial charge in [-0.25, -0.2) is 0 Å². The largest absolute Gasteiger partial charge is 0.492 e. The average molecular weight is 282 g/mol. The molecule has 1 fully saturated rings. The number of likely N-dealkylation sites (N-methyl/N-ethyl adjacent to an activating group) is 1. The molecule has 0 aromatic heterocycles. The molecule has 1 aromatic carbocycles. The van der Waals surface area contributed by atoms with Gasteiger partial charge in [0.2, 0.25) is 0 Å². The molecule has 1 atom stereocenters. The molecule has 1 aromatic rings. The number of rotatable bonds is 6. The Labute approximate surface area is 121 Å². The van der Waals surface area contributed by atoms with E-state index in [1.165, 1.54) is 32.1 Å². The van der Waals surface area contributed by atoms with Gasteiger partial charge in [0.05, 0.1) is 0 Å². The molecular formula is C16H24ClNO. The minimum atomic E-state index is 0.473. The van der Waals surface area contributed by atoms with Crippen molar-refractivity contribution in [1.29, 1.82) is 0 Å². The summed E-state index contributed by atoms with van der Waals surface area (Å²) in [6.45, 7) is 3.92. The fraction of sp³-hybridized carbons (Fsp3) is 0.625. The summed E-state index contributed by atoms with van der Waals surface area (Å²) in [6.07, 6.45) is 6.80. The van der Waals surface area contributed by atoms with Crippen molar-refractivity contribution in [2.45, 2.75) is 45.1 Å². The summed E-state index contributed by atoms with van der Waals surface area (Å²) in [6, 6.07) is 8.10. The predicted molar refractivity (Wildman–Crippen MR) is 81.0 cm³/mol. The summed E-state index contributed by atoms with van der Waals surface area (Å²) >= 11 is 5.88. The van der Waals surface area contributed by atoms with E-state index in [0.29, 0.717) is 6.04 Å². The molecule has 1 N–H and O–H groups in total. The Kier molecular flexibility index (Phi) is 5.99. The SMILES string of the molecule is CCNC(COc1ccc(Cl)cc1)C1CCCCC1. The van der Waals surface area contributed by atoms with Crippen LogP contribution in [-0.4, -0.2) is 19.2 Å². The fourth-order valence-electron chi connectivity index (χ4n) is 2.88. The van der Waals surface area contributed by atoms with Gasteiger partial charge in [0, 0.05) is 11.1 Å². The van der Waals surface area contributed by atoms with Crippen molar-refractivity contribution in [3.05, 3.63) is 29.3 Å². The summed E-state index contributed by atoms with van der Waals surface area (Å²) in [7, 11) is 0. The Balaban J connectivity index is 1.87. The quantitative estimate of drug-likeness (QED) is 0.840. The van der Waals surface area contributed by atoms with Gasteiger partial charge >= 0.3 is 0 Å². The van der Waals surface area contributed by atoms with Crippen molar-refractivity contribution in [3.8, 4) is 5.75 Å². The van der Waals surface area contributed by atoms with Crippen molar-refractivity contribution in [3.63, 3.8) is 0 Å². The van der Waals surface area contributed by atoms with Crippen LogP contribution in [0.2, 0.25) is 5.02 Å². The molecule has 0 spiro atoms. The molecule has 106 valence electrons. The zero-order chi connectivity index (χ0) is 13.5. The second-order valence-corrected chi connectivity index (χ2v) is 5.76. The van der Waals surface area contributed by atoms with Crippen LogP contribution in [0.4, 0.5) is 0 Å². The molecule has 1 aliphatic rings. The van der Waals surface area contributed by atoms with E-state index in [1.807, 2.05) is 24.3 Å². The lowest BCUT2D eigenvalue weighted by atomic mass is 9.84. The van der Waals surface area contributed by atoms with Crippen LogP contribution in [0, 0.1) is 5.92 Å². The highest BCUT2D eigenvalue weighted by Gasteiger charge is 2.23. The first-order valence-electron chi connectivity index (χ1n) is 7.41. The molecule has 0 amide bonds. The second-order valence-electron chi connectivity index (χ2n) is 5.33. The van der Waals surface area contributed by atoms with Gasteiger partial charge in [0.1, 0.15) is 12.4 Å². The van der Waals surface area contributed by atoms with E-state index in [9.17, 15) is 0 Å². The average Bonchev–Trinajstić information content (AvgIpc) is 2.46. The number of halogens is 1. The molecule has 19 heavy (non-hydrogen) atoms. The smallest absolute Gasteiger partial charge is 0.119 e. The van der Waals surface area contributed by atoms with Crippen LogP contribution in [0.3, 0.4) is 0 Å². The van der Waals surface area contributed by atoms with Gasteiger partial charge < -0.3 is 10.1 Å². The maximum Gasteiger partial charge on any atom is 0.119 e. The first kappa shape index (κ1) is 14.7. The van der Waals surface area contributed by atoms with Crippen molar-refractivity contribution >= 4 is 11.6 Å². The van der Waals surface area contributed by atoms with Gasteiger partial charge in [0.25, 0.3) is 0 Å². The monoisotopic (exact) mass is 281 g/mol. The number of nitrogens with one attached hydrogen (secondary N) is 1. The van der Waals surface area contributed by atoms with Crippen LogP contribution < -0.4 is 10.1 Å². The van der Waals surface area contributed by atoms with Gasteiger partial charge in [0.15, 0.2) is 0 Å².